The second kappa shape index (κ2) is 8.24. The molecule has 4 rings (SSSR count). The molecule has 2 aromatic rings. The summed E-state index contributed by atoms with van der Waals surface area (Å²) in [5, 5.41) is 3.23. The molecule has 6 heteroatoms. The van der Waals surface area contributed by atoms with Gasteiger partial charge in [-0.15, -0.1) is 24.0 Å². The largest absolute Gasteiger partial charge is 0.493 e. The summed E-state index contributed by atoms with van der Waals surface area (Å²) in [6.07, 6.45) is 3.15. The molecule has 2 aromatic carbocycles. The van der Waals surface area contributed by atoms with Crippen molar-refractivity contribution in [1.82, 2.24) is 5.32 Å². The van der Waals surface area contributed by atoms with Gasteiger partial charge < -0.3 is 15.8 Å². The molecule has 2 aliphatic rings. The van der Waals surface area contributed by atoms with Crippen molar-refractivity contribution in [2.24, 2.45) is 10.7 Å². The van der Waals surface area contributed by atoms with Crippen LogP contribution in [0.4, 0.5) is 4.39 Å². The fraction of sp³-hybridized carbons (Fsp3) is 0.350. The molecule has 26 heavy (non-hydrogen) atoms. The van der Waals surface area contributed by atoms with Gasteiger partial charge in [-0.05, 0) is 36.5 Å². The van der Waals surface area contributed by atoms with E-state index in [1.807, 2.05) is 36.4 Å². The Bertz CT molecular complexity index is 807. The van der Waals surface area contributed by atoms with Gasteiger partial charge in [0.05, 0.1) is 19.2 Å². The number of nitrogens with zero attached hydrogens (tertiary/aromatic N) is 1. The van der Waals surface area contributed by atoms with E-state index in [0.717, 1.165) is 23.3 Å². The Morgan fingerprint density at radius 3 is 2.77 bits per heavy atom. The highest BCUT2D eigenvalue weighted by Gasteiger charge is 2.24. The predicted octanol–water partition coefficient (Wildman–Crippen LogP) is 4.25. The van der Waals surface area contributed by atoms with Crippen molar-refractivity contribution in [3.8, 4) is 5.75 Å². The summed E-state index contributed by atoms with van der Waals surface area (Å²) in [4.78, 5) is 4.31. The third-order valence-electron chi connectivity index (χ3n) is 4.83. The minimum Gasteiger partial charge on any atom is -0.493 e. The number of halogens is 2. The number of para-hydroxylation sites is 1. The molecule has 1 aliphatic carbocycles. The number of nitrogens with two attached hydrogens (primary N) is 1. The number of guanidine groups is 1. The first-order chi connectivity index (χ1) is 12.2. The summed E-state index contributed by atoms with van der Waals surface area (Å²) in [5.41, 5.74) is 8.76. The van der Waals surface area contributed by atoms with Crippen molar-refractivity contribution in [3.63, 3.8) is 0 Å². The van der Waals surface area contributed by atoms with Gasteiger partial charge in [0.1, 0.15) is 11.6 Å². The van der Waals surface area contributed by atoms with Crippen LogP contribution in [0.2, 0.25) is 0 Å². The molecule has 0 radical (unpaired) electrons. The highest BCUT2D eigenvalue weighted by Crippen LogP contribution is 2.40. The zero-order chi connectivity index (χ0) is 17.2. The summed E-state index contributed by atoms with van der Waals surface area (Å²) in [7, 11) is 0. The van der Waals surface area contributed by atoms with Gasteiger partial charge in [-0.2, -0.15) is 0 Å². The van der Waals surface area contributed by atoms with Crippen LogP contribution < -0.4 is 15.8 Å². The Labute approximate surface area is 170 Å². The van der Waals surface area contributed by atoms with Crippen LogP contribution in [-0.4, -0.2) is 12.6 Å². The van der Waals surface area contributed by atoms with Crippen molar-refractivity contribution in [2.75, 3.05) is 6.61 Å². The molecular formula is C20H23FIN3O. The van der Waals surface area contributed by atoms with E-state index in [1.54, 1.807) is 6.07 Å². The maximum Gasteiger partial charge on any atom is 0.189 e. The number of hydrogen-bond acceptors (Lipinski definition) is 2. The molecule has 0 amide bonds. The Balaban J connectivity index is 0.00000196. The van der Waals surface area contributed by atoms with Crippen LogP contribution in [0, 0.1) is 5.82 Å². The number of nitrogens with one attached hydrogen (secondary N) is 1. The van der Waals surface area contributed by atoms with Crippen LogP contribution in [0.3, 0.4) is 0 Å². The van der Waals surface area contributed by atoms with E-state index in [-0.39, 0.29) is 42.4 Å². The number of benzene rings is 2. The first kappa shape index (κ1) is 18.9. The summed E-state index contributed by atoms with van der Waals surface area (Å²) >= 11 is 0. The van der Waals surface area contributed by atoms with Gasteiger partial charge >= 0.3 is 0 Å². The van der Waals surface area contributed by atoms with E-state index in [0.29, 0.717) is 24.0 Å². The van der Waals surface area contributed by atoms with Gasteiger partial charge in [-0.3, -0.25) is 0 Å². The van der Waals surface area contributed by atoms with Crippen molar-refractivity contribution < 1.29 is 9.13 Å². The average molecular weight is 467 g/mol. The average Bonchev–Trinajstić information content (AvgIpc) is 3.46. The zero-order valence-corrected chi connectivity index (χ0v) is 16.8. The first-order valence-electron chi connectivity index (χ1n) is 8.77. The van der Waals surface area contributed by atoms with E-state index in [9.17, 15) is 4.39 Å². The Hall–Kier alpha value is -1.83. The van der Waals surface area contributed by atoms with Crippen LogP contribution in [0.25, 0.3) is 0 Å². The summed E-state index contributed by atoms with van der Waals surface area (Å²) < 4.78 is 19.8. The monoisotopic (exact) mass is 467 g/mol. The number of rotatable bonds is 4. The fourth-order valence-corrected chi connectivity index (χ4v) is 3.25. The second-order valence-electron chi connectivity index (χ2n) is 6.70. The molecule has 1 aliphatic heterocycles. The third kappa shape index (κ3) is 4.28. The SMILES string of the molecule is I.NC(=NCc1ccc(C2CC2)cc1F)NC1CCOc2ccccc21. The molecule has 0 bridgehead atoms. The molecule has 1 heterocycles. The third-order valence-corrected chi connectivity index (χ3v) is 4.83. The van der Waals surface area contributed by atoms with E-state index in [4.69, 9.17) is 10.5 Å². The quantitative estimate of drug-likeness (QED) is 0.402. The summed E-state index contributed by atoms with van der Waals surface area (Å²) in [6, 6.07) is 13.4. The number of aliphatic imine (C=N–C) groups is 1. The molecule has 0 spiro atoms. The lowest BCUT2D eigenvalue weighted by atomic mass is 10.0. The normalized spacial score (nSPS) is 19.1. The summed E-state index contributed by atoms with van der Waals surface area (Å²) in [5.74, 6) is 1.55. The topological polar surface area (TPSA) is 59.6 Å². The van der Waals surface area contributed by atoms with Crippen molar-refractivity contribution in [3.05, 3.63) is 65.0 Å². The fourth-order valence-electron chi connectivity index (χ4n) is 3.25. The molecule has 0 saturated heterocycles. The molecule has 1 unspecified atom stereocenters. The highest BCUT2D eigenvalue weighted by molar-refractivity contribution is 14.0. The number of hydrogen-bond donors (Lipinski definition) is 2. The van der Waals surface area contributed by atoms with Crippen LogP contribution in [0.15, 0.2) is 47.5 Å². The molecule has 1 saturated carbocycles. The van der Waals surface area contributed by atoms with E-state index in [1.165, 1.54) is 12.8 Å². The molecule has 1 fully saturated rings. The lowest BCUT2D eigenvalue weighted by molar-refractivity contribution is 0.262. The molecule has 1 atom stereocenters. The maximum atomic E-state index is 14.2. The summed E-state index contributed by atoms with van der Waals surface area (Å²) in [6.45, 7) is 0.875. The Morgan fingerprint density at radius 1 is 1.19 bits per heavy atom. The minimum atomic E-state index is -0.197. The zero-order valence-electron chi connectivity index (χ0n) is 14.5. The lowest BCUT2D eigenvalue weighted by Gasteiger charge is -2.26. The smallest absolute Gasteiger partial charge is 0.189 e. The molecular weight excluding hydrogens is 444 g/mol. The van der Waals surface area contributed by atoms with Crippen LogP contribution in [0.1, 0.15) is 47.9 Å². The van der Waals surface area contributed by atoms with Crippen molar-refractivity contribution in [2.45, 2.75) is 37.8 Å². The van der Waals surface area contributed by atoms with Gasteiger partial charge in [-0.25, -0.2) is 9.38 Å². The second-order valence-corrected chi connectivity index (χ2v) is 6.70. The van der Waals surface area contributed by atoms with Crippen molar-refractivity contribution >= 4 is 29.9 Å². The van der Waals surface area contributed by atoms with Gasteiger partial charge in [0.25, 0.3) is 0 Å². The highest BCUT2D eigenvalue weighted by atomic mass is 127. The van der Waals surface area contributed by atoms with Gasteiger partial charge in [0.15, 0.2) is 5.96 Å². The number of ether oxygens (including phenoxy) is 1. The molecule has 138 valence electrons. The van der Waals surface area contributed by atoms with Gasteiger partial charge in [0.2, 0.25) is 0 Å². The number of fused-ring (bicyclic) bond motifs is 1. The van der Waals surface area contributed by atoms with E-state index in [2.05, 4.69) is 10.3 Å². The van der Waals surface area contributed by atoms with Crippen LogP contribution in [-0.2, 0) is 6.54 Å². The molecule has 3 N–H and O–H groups in total. The van der Waals surface area contributed by atoms with E-state index >= 15 is 0 Å². The Morgan fingerprint density at radius 2 is 2.00 bits per heavy atom. The predicted molar refractivity (Wildman–Crippen MR) is 112 cm³/mol. The first-order valence-corrected chi connectivity index (χ1v) is 8.77. The standard InChI is InChI=1S/C20H22FN3O.HI/c21-17-11-14(13-5-6-13)7-8-15(17)12-23-20(22)24-18-9-10-25-19-4-2-1-3-16(18)19;/h1-4,7-8,11,13,18H,5-6,9-10,12H2,(H3,22,23,24);1H. The maximum absolute atomic E-state index is 14.2. The minimum absolute atomic E-state index is 0. The van der Waals surface area contributed by atoms with Crippen LogP contribution in [0.5, 0.6) is 5.75 Å². The van der Waals surface area contributed by atoms with Gasteiger partial charge in [0, 0.05) is 17.5 Å². The van der Waals surface area contributed by atoms with Gasteiger partial charge in [-0.1, -0.05) is 30.3 Å². The Kier molecular flexibility index (Phi) is 6.01. The van der Waals surface area contributed by atoms with E-state index < -0.39 is 0 Å². The van der Waals surface area contributed by atoms with Crippen molar-refractivity contribution in [1.29, 1.82) is 0 Å². The molecule has 0 aromatic heterocycles. The lowest BCUT2D eigenvalue weighted by Crippen LogP contribution is -2.37. The van der Waals surface area contributed by atoms with Crippen LogP contribution >= 0.6 is 24.0 Å². The molecule has 4 nitrogen and oxygen atoms in total.